The van der Waals surface area contributed by atoms with Crippen molar-refractivity contribution >= 4 is 17.3 Å². The van der Waals surface area contributed by atoms with Gasteiger partial charge in [0, 0.05) is 31.5 Å². The lowest BCUT2D eigenvalue weighted by atomic mass is 10.0. The molecule has 3 aromatic rings. The zero-order valence-corrected chi connectivity index (χ0v) is 18.0. The molecule has 0 saturated heterocycles. The molecule has 0 bridgehead atoms. The highest BCUT2D eigenvalue weighted by atomic mass is 16.1. The molecule has 160 valence electrons. The molecule has 7 heteroatoms. The summed E-state index contributed by atoms with van der Waals surface area (Å²) in [6.07, 6.45) is 10.7. The molecule has 3 N–H and O–H groups in total. The van der Waals surface area contributed by atoms with Crippen molar-refractivity contribution in [2.45, 2.75) is 45.3 Å². The third-order valence-corrected chi connectivity index (χ3v) is 6.28. The first-order chi connectivity index (χ1) is 15.1. The van der Waals surface area contributed by atoms with E-state index in [0.717, 1.165) is 33.6 Å². The highest BCUT2D eigenvalue weighted by Crippen LogP contribution is 2.38. The third-order valence-electron chi connectivity index (χ3n) is 6.28. The summed E-state index contributed by atoms with van der Waals surface area (Å²) in [5, 5.41) is 14.4. The van der Waals surface area contributed by atoms with Crippen LogP contribution in [0.2, 0.25) is 0 Å². The second-order valence-electron chi connectivity index (χ2n) is 8.69. The molecule has 7 nitrogen and oxygen atoms in total. The SMILES string of the molecule is Cc1cc(CNC(=O)c2nccc3c2NC(C2CCCC2)N3)cc(-c2cnn(C)c2)c1. The van der Waals surface area contributed by atoms with Gasteiger partial charge in [0.05, 0.1) is 23.7 Å². The largest absolute Gasteiger partial charge is 0.363 e. The Kier molecular flexibility index (Phi) is 5.10. The van der Waals surface area contributed by atoms with Crippen LogP contribution in [0.5, 0.6) is 0 Å². The number of hydrogen-bond acceptors (Lipinski definition) is 5. The maximum absolute atomic E-state index is 13.0. The monoisotopic (exact) mass is 416 g/mol. The number of carbonyl (C=O) groups excluding carboxylic acids is 1. The van der Waals surface area contributed by atoms with Crippen molar-refractivity contribution in [3.05, 3.63) is 59.7 Å². The molecule has 5 rings (SSSR count). The maximum Gasteiger partial charge on any atom is 0.272 e. The first-order valence-corrected chi connectivity index (χ1v) is 11.0. The Morgan fingerprint density at radius 3 is 2.81 bits per heavy atom. The number of rotatable bonds is 5. The van der Waals surface area contributed by atoms with Crippen LogP contribution in [0, 0.1) is 12.8 Å². The van der Waals surface area contributed by atoms with Crippen molar-refractivity contribution in [2.75, 3.05) is 10.6 Å². The third kappa shape index (κ3) is 4.00. The highest BCUT2D eigenvalue weighted by Gasteiger charge is 2.32. The molecule has 0 spiro atoms. The summed E-state index contributed by atoms with van der Waals surface area (Å²) in [7, 11) is 1.91. The van der Waals surface area contributed by atoms with Gasteiger partial charge in [0.1, 0.15) is 0 Å². The number of aryl methyl sites for hydroxylation is 2. The van der Waals surface area contributed by atoms with Gasteiger partial charge >= 0.3 is 0 Å². The van der Waals surface area contributed by atoms with Crippen LogP contribution in [0.25, 0.3) is 11.1 Å². The molecule has 31 heavy (non-hydrogen) atoms. The van der Waals surface area contributed by atoms with E-state index in [4.69, 9.17) is 0 Å². The molecule has 0 radical (unpaired) electrons. The number of hydrogen-bond donors (Lipinski definition) is 3. The average Bonchev–Trinajstić information content (AvgIpc) is 3.51. The normalized spacial score (nSPS) is 17.8. The molecule has 3 heterocycles. The van der Waals surface area contributed by atoms with Crippen LogP contribution in [0.1, 0.15) is 47.3 Å². The topological polar surface area (TPSA) is 83.9 Å². The fraction of sp³-hybridized carbons (Fsp3) is 0.375. The second-order valence-corrected chi connectivity index (χ2v) is 8.69. The van der Waals surface area contributed by atoms with E-state index in [1.54, 1.807) is 10.9 Å². The number of nitrogens with zero attached hydrogens (tertiary/aromatic N) is 3. The van der Waals surface area contributed by atoms with E-state index in [0.29, 0.717) is 18.2 Å². The number of carbonyl (C=O) groups is 1. The van der Waals surface area contributed by atoms with Crippen LogP contribution in [-0.4, -0.2) is 26.8 Å². The first-order valence-electron chi connectivity index (χ1n) is 11.0. The maximum atomic E-state index is 13.0. The van der Waals surface area contributed by atoms with E-state index in [1.807, 2.05) is 25.5 Å². The Labute approximate surface area is 182 Å². The Morgan fingerprint density at radius 1 is 1.19 bits per heavy atom. The van der Waals surface area contributed by atoms with Gasteiger partial charge in [0.25, 0.3) is 5.91 Å². The summed E-state index contributed by atoms with van der Waals surface area (Å²) < 4.78 is 1.79. The Morgan fingerprint density at radius 2 is 2.03 bits per heavy atom. The van der Waals surface area contributed by atoms with Crippen molar-refractivity contribution in [1.29, 1.82) is 0 Å². The summed E-state index contributed by atoms with van der Waals surface area (Å²) in [6.45, 7) is 2.51. The van der Waals surface area contributed by atoms with Crippen molar-refractivity contribution in [1.82, 2.24) is 20.1 Å². The van der Waals surface area contributed by atoms with E-state index in [1.165, 1.54) is 25.7 Å². The number of benzene rings is 1. The van der Waals surface area contributed by atoms with Crippen molar-refractivity contribution in [3.63, 3.8) is 0 Å². The molecule has 2 aromatic heterocycles. The smallest absolute Gasteiger partial charge is 0.272 e. The minimum atomic E-state index is -0.164. The lowest BCUT2D eigenvalue weighted by Gasteiger charge is -2.19. The van der Waals surface area contributed by atoms with Gasteiger partial charge in [0.2, 0.25) is 0 Å². The van der Waals surface area contributed by atoms with Gasteiger partial charge < -0.3 is 16.0 Å². The van der Waals surface area contributed by atoms with Crippen LogP contribution in [-0.2, 0) is 13.6 Å². The molecule has 1 unspecified atom stereocenters. The number of amides is 1. The number of aromatic nitrogens is 3. The van der Waals surface area contributed by atoms with Crippen molar-refractivity contribution < 1.29 is 4.79 Å². The number of fused-ring (bicyclic) bond motifs is 1. The average molecular weight is 417 g/mol. The molecule has 1 aromatic carbocycles. The minimum Gasteiger partial charge on any atom is -0.363 e. The van der Waals surface area contributed by atoms with E-state index in [-0.39, 0.29) is 12.1 Å². The molecule has 1 aliphatic heterocycles. The lowest BCUT2D eigenvalue weighted by Crippen LogP contribution is -2.30. The van der Waals surface area contributed by atoms with Crippen molar-refractivity contribution in [3.8, 4) is 11.1 Å². The second kappa shape index (κ2) is 8.06. The molecule has 1 amide bonds. The number of pyridine rings is 1. The summed E-state index contributed by atoms with van der Waals surface area (Å²) >= 11 is 0. The first kappa shape index (κ1) is 19.6. The molecule has 1 atom stereocenters. The van der Waals surface area contributed by atoms with Gasteiger partial charge in [-0.25, -0.2) is 4.98 Å². The summed E-state index contributed by atoms with van der Waals surface area (Å²) in [5.74, 6) is 0.434. The predicted octanol–water partition coefficient (Wildman–Crippen LogP) is 4.07. The zero-order valence-electron chi connectivity index (χ0n) is 18.0. The van der Waals surface area contributed by atoms with Gasteiger partial charge in [-0.15, -0.1) is 0 Å². The zero-order chi connectivity index (χ0) is 21.4. The summed E-state index contributed by atoms with van der Waals surface area (Å²) in [4.78, 5) is 17.4. The molecule has 1 aliphatic carbocycles. The minimum absolute atomic E-state index is 0.164. The van der Waals surface area contributed by atoms with Crippen LogP contribution >= 0.6 is 0 Å². The van der Waals surface area contributed by atoms with E-state index in [2.05, 4.69) is 51.2 Å². The number of anilines is 2. The molecule has 2 aliphatic rings. The van der Waals surface area contributed by atoms with E-state index < -0.39 is 0 Å². The van der Waals surface area contributed by atoms with Gasteiger partial charge in [-0.2, -0.15) is 5.10 Å². The summed E-state index contributed by atoms with van der Waals surface area (Å²) in [5.41, 5.74) is 6.59. The Hall–Kier alpha value is -3.35. The van der Waals surface area contributed by atoms with E-state index >= 15 is 0 Å². The Balaban J connectivity index is 1.30. The highest BCUT2D eigenvalue weighted by molar-refractivity contribution is 6.01. The van der Waals surface area contributed by atoms with Crippen LogP contribution in [0.4, 0.5) is 11.4 Å². The van der Waals surface area contributed by atoms with Gasteiger partial charge in [0.15, 0.2) is 5.69 Å². The van der Waals surface area contributed by atoms with Crippen LogP contribution in [0.15, 0.2) is 42.9 Å². The van der Waals surface area contributed by atoms with Gasteiger partial charge in [-0.1, -0.05) is 30.5 Å². The number of nitrogens with one attached hydrogen (secondary N) is 3. The van der Waals surface area contributed by atoms with Crippen LogP contribution < -0.4 is 16.0 Å². The predicted molar refractivity (Wildman–Crippen MR) is 122 cm³/mol. The van der Waals surface area contributed by atoms with Gasteiger partial charge in [-0.3, -0.25) is 9.48 Å². The van der Waals surface area contributed by atoms with E-state index in [9.17, 15) is 4.79 Å². The fourth-order valence-electron chi connectivity index (χ4n) is 4.75. The molecular formula is C24H28N6O. The summed E-state index contributed by atoms with van der Waals surface area (Å²) in [6, 6.07) is 8.27. The van der Waals surface area contributed by atoms with Crippen LogP contribution in [0.3, 0.4) is 0 Å². The Bertz CT molecular complexity index is 1120. The standard InChI is InChI=1S/C24H28N6O/c1-15-9-16(11-18(10-15)19-13-27-30(2)14-19)12-26-24(31)22-21-20(7-8-25-22)28-23(29-21)17-5-3-4-6-17/h7-11,13-14,17,23,28-29H,3-6,12H2,1-2H3,(H,26,31). The fourth-order valence-corrected chi connectivity index (χ4v) is 4.75. The van der Waals surface area contributed by atoms with Gasteiger partial charge in [-0.05, 0) is 48.9 Å². The molecule has 1 saturated carbocycles. The lowest BCUT2D eigenvalue weighted by molar-refractivity contribution is 0.0947. The van der Waals surface area contributed by atoms with Crippen molar-refractivity contribution in [2.24, 2.45) is 13.0 Å². The quantitative estimate of drug-likeness (QED) is 0.584. The molecular weight excluding hydrogens is 388 g/mol. The molecule has 1 fully saturated rings.